The fraction of sp³-hybridized carbons (Fsp3) is 0.500. The van der Waals surface area contributed by atoms with Gasteiger partial charge in [0.15, 0.2) is 12.6 Å². The molecule has 2 heterocycles. The molecule has 10 heteroatoms. The number of hydrogen-bond acceptors (Lipinski definition) is 10. The Balaban J connectivity index is 1.36. The third-order valence-corrected chi connectivity index (χ3v) is 8.30. The van der Waals surface area contributed by atoms with Gasteiger partial charge in [0, 0.05) is 27.8 Å². The van der Waals surface area contributed by atoms with Crippen molar-refractivity contribution < 1.29 is 47.7 Å². The molecule has 0 spiro atoms. The second-order valence-electron chi connectivity index (χ2n) is 11.5. The van der Waals surface area contributed by atoms with Crippen LogP contribution >= 0.6 is 0 Å². The largest absolute Gasteiger partial charge is 0.382 e. The van der Waals surface area contributed by atoms with E-state index in [0.29, 0.717) is 26.2 Å². The average molecular weight is 639 g/mol. The van der Waals surface area contributed by atoms with Gasteiger partial charge in [-0.05, 0) is 16.7 Å². The summed E-state index contributed by atoms with van der Waals surface area (Å²) in [5.41, 5.74) is 2.94. The van der Waals surface area contributed by atoms with Crippen LogP contribution in [0.15, 0.2) is 91.0 Å². The van der Waals surface area contributed by atoms with Gasteiger partial charge < -0.3 is 47.7 Å². The second kappa shape index (κ2) is 18.0. The Morgan fingerprint density at radius 1 is 0.565 bits per heavy atom. The molecule has 2 aliphatic heterocycles. The van der Waals surface area contributed by atoms with E-state index in [-0.39, 0.29) is 31.5 Å². The van der Waals surface area contributed by atoms with Gasteiger partial charge in [0.25, 0.3) is 0 Å². The van der Waals surface area contributed by atoms with Crippen LogP contribution in [0.4, 0.5) is 0 Å². The number of aliphatic hydroxyl groups excluding tert-OH is 1. The Morgan fingerprint density at radius 2 is 1.07 bits per heavy atom. The Morgan fingerprint density at radius 3 is 1.57 bits per heavy atom. The van der Waals surface area contributed by atoms with Crippen molar-refractivity contribution in [1.82, 2.24) is 0 Å². The van der Waals surface area contributed by atoms with E-state index in [1.807, 2.05) is 91.0 Å². The number of rotatable bonds is 16. The second-order valence-corrected chi connectivity index (χ2v) is 11.5. The number of hydrogen-bond donors (Lipinski definition) is 1. The van der Waals surface area contributed by atoms with Crippen molar-refractivity contribution in [1.29, 1.82) is 0 Å². The van der Waals surface area contributed by atoms with E-state index >= 15 is 0 Å². The third kappa shape index (κ3) is 9.42. The van der Waals surface area contributed by atoms with Crippen LogP contribution < -0.4 is 0 Å². The molecule has 0 aromatic heterocycles. The molecule has 0 radical (unpaired) electrons. The van der Waals surface area contributed by atoms with E-state index in [1.54, 1.807) is 21.3 Å². The lowest BCUT2D eigenvalue weighted by molar-refractivity contribution is -0.329. The molecule has 46 heavy (non-hydrogen) atoms. The minimum absolute atomic E-state index is 0.0611. The van der Waals surface area contributed by atoms with Crippen LogP contribution in [0.1, 0.15) is 23.1 Å². The SMILES string of the molecule is COC[C@H]1O[C@H](OC[C@H]2O[C@H](O)[C@H](OCc3ccccc3)[C@@H](OCc3ccccc3)[C@@H]2OCc2ccccc2)C[C@@H](OC)[C@@H]1OC. The van der Waals surface area contributed by atoms with Gasteiger partial charge >= 0.3 is 0 Å². The summed E-state index contributed by atoms with van der Waals surface area (Å²) in [6.07, 6.45) is -5.33. The van der Waals surface area contributed by atoms with Crippen molar-refractivity contribution in [2.24, 2.45) is 0 Å². The minimum Gasteiger partial charge on any atom is -0.382 e. The fourth-order valence-electron chi connectivity index (χ4n) is 5.93. The summed E-state index contributed by atoms with van der Waals surface area (Å²) in [6, 6.07) is 29.5. The van der Waals surface area contributed by atoms with Gasteiger partial charge in [0.05, 0.1) is 39.1 Å². The van der Waals surface area contributed by atoms with Crippen LogP contribution in [-0.2, 0) is 62.5 Å². The van der Waals surface area contributed by atoms with E-state index in [4.69, 9.17) is 42.6 Å². The molecule has 3 aromatic carbocycles. The normalized spacial score (nSPS) is 29.9. The molecule has 2 saturated heterocycles. The zero-order chi connectivity index (χ0) is 32.1. The van der Waals surface area contributed by atoms with Crippen LogP contribution in [0, 0.1) is 0 Å². The van der Waals surface area contributed by atoms with Crippen molar-refractivity contribution in [3.63, 3.8) is 0 Å². The molecule has 250 valence electrons. The van der Waals surface area contributed by atoms with Gasteiger partial charge in [0.1, 0.15) is 36.6 Å². The van der Waals surface area contributed by atoms with Gasteiger partial charge in [0.2, 0.25) is 0 Å². The lowest BCUT2D eigenvalue weighted by Crippen LogP contribution is -2.61. The van der Waals surface area contributed by atoms with E-state index in [0.717, 1.165) is 16.7 Å². The van der Waals surface area contributed by atoms with Crippen molar-refractivity contribution >= 4 is 0 Å². The summed E-state index contributed by atoms with van der Waals surface area (Å²) in [6.45, 7) is 1.23. The van der Waals surface area contributed by atoms with Crippen LogP contribution in [-0.4, -0.2) is 95.0 Å². The Labute approximate surface area is 271 Å². The number of methoxy groups -OCH3 is 3. The van der Waals surface area contributed by atoms with Crippen molar-refractivity contribution in [3.8, 4) is 0 Å². The zero-order valence-corrected chi connectivity index (χ0v) is 26.7. The molecular weight excluding hydrogens is 592 g/mol. The van der Waals surface area contributed by atoms with Crippen molar-refractivity contribution in [2.45, 2.75) is 81.5 Å². The first-order valence-corrected chi connectivity index (χ1v) is 15.7. The minimum atomic E-state index is -1.30. The molecule has 0 unspecified atom stereocenters. The van der Waals surface area contributed by atoms with Crippen molar-refractivity contribution in [3.05, 3.63) is 108 Å². The average Bonchev–Trinajstić information content (AvgIpc) is 3.10. The van der Waals surface area contributed by atoms with E-state index in [2.05, 4.69) is 0 Å². The summed E-state index contributed by atoms with van der Waals surface area (Å²) in [7, 11) is 4.88. The van der Waals surface area contributed by atoms with Crippen molar-refractivity contribution in [2.75, 3.05) is 34.5 Å². The van der Waals surface area contributed by atoms with Crippen LogP contribution in [0.25, 0.3) is 0 Å². The highest BCUT2D eigenvalue weighted by Gasteiger charge is 2.49. The van der Waals surface area contributed by atoms with E-state index in [9.17, 15) is 5.11 Å². The zero-order valence-electron chi connectivity index (χ0n) is 26.7. The summed E-state index contributed by atoms with van der Waals surface area (Å²) >= 11 is 0. The Hall–Kier alpha value is -2.74. The molecule has 0 aliphatic carbocycles. The first-order chi connectivity index (χ1) is 22.6. The maximum Gasteiger partial charge on any atom is 0.184 e. The topological polar surface area (TPSA) is 103 Å². The third-order valence-electron chi connectivity index (χ3n) is 8.30. The number of ether oxygens (including phenoxy) is 9. The molecular formula is C36H46O10. The van der Waals surface area contributed by atoms with Gasteiger partial charge in [-0.1, -0.05) is 91.0 Å². The van der Waals surface area contributed by atoms with Crippen LogP contribution in [0.5, 0.6) is 0 Å². The lowest BCUT2D eigenvalue weighted by atomic mass is 9.97. The van der Waals surface area contributed by atoms with Gasteiger partial charge in [-0.15, -0.1) is 0 Å². The molecule has 0 bridgehead atoms. The highest BCUT2D eigenvalue weighted by molar-refractivity contribution is 5.15. The molecule has 9 atom stereocenters. The maximum absolute atomic E-state index is 11.4. The summed E-state index contributed by atoms with van der Waals surface area (Å²) in [4.78, 5) is 0. The number of benzene rings is 3. The lowest BCUT2D eigenvalue weighted by Gasteiger charge is -2.45. The molecule has 2 fully saturated rings. The highest BCUT2D eigenvalue weighted by Crippen LogP contribution is 2.31. The summed E-state index contributed by atoms with van der Waals surface area (Å²) < 4.78 is 54.9. The maximum atomic E-state index is 11.4. The van der Waals surface area contributed by atoms with E-state index in [1.165, 1.54) is 0 Å². The summed E-state index contributed by atoms with van der Waals surface area (Å²) in [5, 5.41) is 11.4. The summed E-state index contributed by atoms with van der Waals surface area (Å²) in [5.74, 6) is 0. The first-order valence-electron chi connectivity index (χ1n) is 15.7. The standard InChI is InChI=1S/C36H46O10/c1-38-23-29-32(40-3)28(39-2)19-31(45-29)41-24-30-33(42-20-25-13-7-4-8-14-25)34(43-21-26-15-9-5-10-16-26)35(36(37)46-30)44-22-27-17-11-6-12-18-27/h4-18,28-37H,19-24H2,1-3H3/t28-,29-,30-,31+,32+,33-,34+,35-,36+/m1/s1. The van der Waals surface area contributed by atoms with Crippen LogP contribution in [0.3, 0.4) is 0 Å². The molecule has 3 aromatic rings. The van der Waals surface area contributed by atoms with Crippen LogP contribution in [0.2, 0.25) is 0 Å². The molecule has 10 nitrogen and oxygen atoms in total. The Kier molecular flexibility index (Phi) is 13.5. The smallest absolute Gasteiger partial charge is 0.184 e. The number of aliphatic hydroxyl groups is 1. The molecule has 0 saturated carbocycles. The highest BCUT2D eigenvalue weighted by atomic mass is 16.7. The molecule has 5 rings (SSSR count). The van der Waals surface area contributed by atoms with Gasteiger partial charge in [-0.2, -0.15) is 0 Å². The predicted octanol–water partition coefficient (Wildman–Crippen LogP) is 4.27. The monoisotopic (exact) mass is 638 g/mol. The first kappa shape index (κ1) is 34.6. The van der Waals surface area contributed by atoms with Gasteiger partial charge in [-0.3, -0.25) is 0 Å². The molecule has 0 amide bonds. The quantitative estimate of drug-likeness (QED) is 0.245. The molecule has 2 aliphatic rings. The van der Waals surface area contributed by atoms with Gasteiger partial charge in [-0.25, -0.2) is 0 Å². The Bertz CT molecular complexity index is 1250. The van der Waals surface area contributed by atoms with E-state index < -0.39 is 37.0 Å². The predicted molar refractivity (Wildman–Crippen MR) is 169 cm³/mol. The molecule has 1 N–H and O–H groups in total. The fourth-order valence-corrected chi connectivity index (χ4v) is 5.93.